The van der Waals surface area contributed by atoms with E-state index in [0.717, 1.165) is 10.0 Å². The second-order valence-electron chi connectivity index (χ2n) is 3.83. The topological polar surface area (TPSA) is 63.6 Å². The molecule has 0 fully saturated rings. The molecule has 1 N–H and O–H groups in total. The summed E-state index contributed by atoms with van der Waals surface area (Å²) in [6, 6.07) is 10.9. The molecule has 1 heterocycles. The van der Waals surface area contributed by atoms with Crippen LogP contribution in [-0.2, 0) is 4.79 Å². The number of nitrogens with one attached hydrogen (secondary N) is 1. The fourth-order valence-electron chi connectivity index (χ4n) is 1.37. The number of hydrogen-bond donors (Lipinski definition) is 1. The maximum absolute atomic E-state index is 11.5. The summed E-state index contributed by atoms with van der Waals surface area (Å²) in [6.45, 7) is -0.0964. The monoisotopic (exact) mass is 333 g/mol. The largest absolute Gasteiger partial charge is 0.484 e. The van der Waals surface area contributed by atoms with Gasteiger partial charge in [-0.25, -0.2) is 5.43 Å². The first-order valence-electron chi connectivity index (χ1n) is 5.84. The SMILES string of the molecule is O=C(COc1cccc(Br)c1)N/N=C\c1cccnc1. The van der Waals surface area contributed by atoms with Crippen molar-refractivity contribution < 1.29 is 9.53 Å². The molecule has 1 amide bonds. The lowest BCUT2D eigenvalue weighted by atomic mass is 10.3. The van der Waals surface area contributed by atoms with E-state index < -0.39 is 0 Å². The molecule has 2 rings (SSSR count). The highest BCUT2D eigenvalue weighted by Gasteiger charge is 2.01. The standard InChI is InChI=1S/C14H12BrN3O2/c15-12-4-1-5-13(7-12)20-10-14(19)18-17-9-11-3-2-6-16-8-11/h1-9H,10H2,(H,18,19)/b17-9-. The third-order valence-electron chi connectivity index (χ3n) is 2.25. The Morgan fingerprint density at radius 3 is 3.05 bits per heavy atom. The average molecular weight is 334 g/mol. The molecule has 0 saturated carbocycles. The highest BCUT2D eigenvalue weighted by Crippen LogP contribution is 2.17. The number of nitrogens with zero attached hydrogens (tertiary/aromatic N) is 2. The molecular weight excluding hydrogens is 322 g/mol. The number of hydrogen-bond acceptors (Lipinski definition) is 4. The molecule has 102 valence electrons. The van der Waals surface area contributed by atoms with Crippen LogP contribution in [0.15, 0.2) is 58.4 Å². The molecular formula is C14H12BrN3O2. The minimum absolute atomic E-state index is 0.0964. The summed E-state index contributed by atoms with van der Waals surface area (Å²) in [5.41, 5.74) is 3.19. The predicted molar refractivity (Wildman–Crippen MR) is 79.6 cm³/mol. The molecule has 0 bridgehead atoms. The van der Waals surface area contributed by atoms with Crippen LogP contribution in [0.2, 0.25) is 0 Å². The Balaban J connectivity index is 1.77. The van der Waals surface area contributed by atoms with Gasteiger partial charge in [-0.05, 0) is 24.3 Å². The summed E-state index contributed by atoms with van der Waals surface area (Å²) in [4.78, 5) is 15.4. The number of hydrazone groups is 1. The van der Waals surface area contributed by atoms with Gasteiger partial charge in [-0.1, -0.05) is 28.1 Å². The Kier molecular flexibility index (Phi) is 5.25. The van der Waals surface area contributed by atoms with Crippen molar-refractivity contribution in [1.29, 1.82) is 0 Å². The summed E-state index contributed by atoms with van der Waals surface area (Å²) in [7, 11) is 0. The van der Waals surface area contributed by atoms with Crippen LogP contribution in [0.25, 0.3) is 0 Å². The smallest absolute Gasteiger partial charge is 0.277 e. The number of amides is 1. The molecule has 1 aromatic heterocycles. The average Bonchev–Trinajstić information content (AvgIpc) is 2.46. The minimum Gasteiger partial charge on any atom is -0.484 e. The van der Waals surface area contributed by atoms with Crippen LogP contribution in [0.3, 0.4) is 0 Å². The lowest BCUT2D eigenvalue weighted by Crippen LogP contribution is -2.24. The summed E-state index contributed by atoms with van der Waals surface area (Å²) < 4.78 is 6.22. The molecule has 6 heteroatoms. The van der Waals surface area contributed by atoms with Gasteiger partial charge in [0.1, 0.15) is 5.75 Å². The van der Waals surface area contributed by atoms with E-state index in [0.29, 0.717) is 5.75 Å². The molecule has 0 aliphatic heterocycles. The second-order valence-corrected chi connectivity index (χ2v) is 4.74. The first kappa shape index (κ1) is 14.2. The van der Waals surface area contributed by atoms with Gasteiger partial charge in [0.2, 0.25) is 0 Å². The minimum atomic E-state index is -0.329. The van der Waals surface area contributed by atoms with Crippen LogP contribution < -0.4 is 10.2 Å². The highest BCUT2D eigenvalue weighted by atomic mass is 79.9. The van der Waals surface area contributed by atoms with Crippen LogP contribution in [0.4, 0.5) is 0 Å². The van der Waals surface area contributed by atoms with Crippen molar-refractivity contribution in [1.82, 2.24) is 10.4 Å². The highest BCUT2D eigenvalue weighted by molar-refractivity contribution is 9.10. The molecule has 0 aliphatic rings. The second kappa shape index (κ2) is 7.40. The summed E-state index contributed by atoms with van der Waals surface area (Å²) in [6.07, 6.45) is 4.83. The molecule has 0 radical (unpaired) electrons. The van der Waals surface area contributed by atoms with Gasteiger partial charge < -0.3 is 4.74 Å². The number of aromatic nitrogens is 1. The zero-order valence-corrected chi connectivity index (χ0v) is 12.1. The molecule has 0 atom stereocenters. The lowest BCUT2D eigenvalue weighted by molar-refractivity contribution is -0.123. The van der Waals surface area contributed by atoms with Gasteiger partial charge in [-0.3, -0.25) is 9.78 Å². The maximum Gasteiger partial charge on any atom is 0.277 e. The van der Waals surface area contributed by atoms with E-state index in [4.69, 9.17) is 4.74 Å². The maximum atomic E-state index is 11.5. The molecule has 0 unspecified atom stereocenters. The molecule has 1 aromatic carbocycles. The van der Waals surface area contributed by atoms with Crippen LogP contribution >= 0.6 is 15.9 Å². The first-order chi connectivity index (χ1) is 9.74. The first-order valence-corrected chi connectivity index (χ1v) is 6.63. The van der Waals surface area contributed by atoms with E-state index in [1.54, 1.807) is 30.6 Å². The van der Waals surface area contributed by atoms with Crippen LogP contribution in [0.5, 0.6) is 5.75 Å². The normalized spacial score (nSPS) is 10.4. The van der Waals surface area contributed by atoms with Gasteiger partial charge in [0.25, 0.3) is 5.91 Å². The third-order valence-corrected chi connectivity index (χ3v) is 2.75. The third kappa shape index (κ3) is 4.81. The van der Waals surface area contributed by atoms with Crippen molar-refractivity contribution in [3.63, 3.8) is 0 Å². The summed E-state index contributed by atoms with van der Waals surface area (Å²) in [5, 5.41) is 3.82. The van der Waals surface area contributed by atoms with Gasteiger partial charge in [0.05, 0.1) is 6.21 Å². The molecule has 0 spiro atoms. The Bertz CT molecular complexity index is 602. The van der Waals surface area contributed by atoms with Crippen molar-refractivity contribution in [2.75, 3.05) is 6.61 Å². The van der Waals surface area contributed by atoms with Crippen LogP contribution in [0, 0.1) is 0 Å². The number of pyridine rings is 1. The molecule has 2 aromatic rings. The number of benzene rings is 1. The van der Waals surface area contributed by atoms with E-state index >= 15 is 0 Å². The Morgan fingerprint density at radius 1 is 1.40 bits per heavy atom. The number of carbonyl (C=O) groups excluding carboxylic acids is 1. The van der Waals surface area contributed by atoms with Gasteiger partial charge >= 0.3 is 0 Å². The van der Waals surface area contributed by atoms with E-state index in [9.17, 15) is 4.79 Å². The van der Waals surface area contributed by atoms with Crippen molar-refractivity contribution in [2.24, 2.45) is 5.10 Å². The van der Waals surface area contributed by atoms with E-state index in [1.165, 1.54) is 6.21 Å². The summed E-state index contributed by atoms with van der Waals surface area (Å²) >= 11 is 3.33. The van der Waals surface area contributed by atoms with Crippen LogP contribution in [-0.4, -0.2) is 23.7 Å². The van der Waals surface area contributed by atoms with E-state index in [-0.39, 0.29) is 12.5 Å². The molecule has 5 nitrogen and oxygen atoms in total. The molecule has 20 heavy (non-hydrogen) atoms. The van der Waals surface area contributed by atoms with E-state index in [2.05, 4.69) is 31.4 Å². The Labute approximate surface area is 124 Å². The number of ether oxygens (including phenoxy) is 1. The predicted octanol–water partition coefficient (Wildman–Crippen LogP) is 2.37. The van der Waals surface area contributed by atoms with Crippen molar-refractivity contribution >= 4 is 28.1 Å². The molecule has 0 aliphatic carbocycles. The fourth-order valence-corrected chi connectivity index (χ4v) is 1.75. The Morgan fingerprint density at radius 2 is 2.30 bits per heavy atom. The number of halogens is 1. The zero-order chi connectivity index (χ0) is 14.2. The lowest BCUT2D eigenvalue weighted by Gasteiger charge is -2.04. The quantitative estimate of drug-likeness (QED) is 0.674. The van der Waals surface area contributed by atoms with Gasteiger partial charge in [0.15, 0.2) is 6.61 Å². The fraction of sp³-hybridized carbons (Fsp3) is 0.0714. The van der Waals surface area contributed by atoms with Gasteiger partial charge in [0, 0.05) is 22.4 Å². The Hall–Kier alpha value is -2.21. The molecule has 0 saturated heterocycles. The number of carbonyl (C=O) groups is 1. The zero-order valence-electron chi connectivity index (χ0n) is 10.5. The van der Waals surface area contributed by atoms with Gasteiger partial charge in [-0.2, -0.15) is 5.10 Å². The van der Waals surface area contributed by atoms with Crippen molar-refractivity contribution in [3.05, 3.63) is 58.8 Å². The number of rotatable bonds is 5. The van der Waals surface area contributed by atoms with E-state index in [1.807, 2.05) is 18.2 Å². The van der Waals surface area contributed by atoms with Crippen molar-refractivity contribution in [3.8, 4) is 5.75 Å². The van der Waals surface area contributed by atoms with Gasteiger partial charge in [-0.15, -0.1) is 0 Å². The summed E-state index contributed by atoms with van der Waals surface area (Å²) in [5.74, 6) is 0.288. The van der Waals surface area contributed by atoms with Crippen molar-refractivity contribution in [2.45, 2.75) is 0 Å². The van der Waals surface area contributed by atoms with Crippen LogP contribution in [0.1, 0.15) is 5.56 Å².